The number of carbonyl (C=O) groups is 1. The molecule has 0 amide bonds. The molecule has 4 heteroatoms. The van der Waals surface area contributed by atoms with Gasteiger partial charge in [-0.15, -0.1) is 0 Å². The monoisotopic (exact) mass is 214 g/mol. The van der Waals surface area contributed by atoms with E-state index in [1.165, 1.54) is 0 Å². The fourth-order valence-electron chi connectivity index (χ4n) is 2.59. The molecule has 2 aliphatic heterocycles. The zero-order chi connectivity index (χ0) is 10.7. The molecule has 15 heavy (non-hydrogen) atoms. The highest BCUT2D eigenvalue weighted by Crippen LogP contribution is 2.36. The van der Waals surface area contributed by atoms with Crippen molar-refractivity contribution in [1.82, 2.24) is 0 Å². The molecule has 0 aromatic carbocycles. The molecule has 2 unspecified atom stereocenters. The summed E-state index contributed by atoms with van der Waals surface area (Å²) >= 11 is 0. The first-order chi connectivity index (χ1) is 7.26. The van der Waals surface area contributed by atoms with Gasteiger partial charge in [0.05, 0.1) is 6.61 Å². The van der Waals surface area contributed by atoms with Gasteiger partial charge in [0.25, 0.3) is 0 Å². The maximum absolute atomic E-state index is 11.4. The molecule has 0 radical (unpaired) electrons. The predicted octanol–water partition coefficient (Wildman–Crippen LogP) is 1.44. The van der Waals surface area contributed by atoms with Gasteiger partial charge in [-0.1, -0.05) is 0 Å². The van der Waals surface area contributed by atoms with Crippen LogP contribution in [0, 0.1) is 5.92 Å². The van der Waals surface area contributed by atoms with Crippen LogP contribution in [-0.4, -0.2) is 36.5 Å². The van der Waals surface area contributed by atoms with E-state index in [1.807, 2.05) is 0 Å². The molecule has 2 atom stereocenters. The molecule has 2 fully saturated rings. The summed E-state index contributed by atoms with van der Waals surface area (Å²) < 4.78 is 11.0. The van der Waals surface area contributed by atoms with E-state index in [0.29, 0.717) is 19.6 Å². The second kappa shape index (κ2) is 4.49. The van der Waals surface area contributed by atoms with Gasteiger partial charge in [0.2, 0.25) is 0 Å². The lowest BCUT2D eigenvalue weighted by atomic mass is 9.78. The van der Waals surface area contributed by atoms with E-state index in [-0.39, 0.29) is 5.92 Å². The van der Waals surface area contributed by atoms with E-state index < -0.39 is 11.6 Å². The maximum Gasteiger partial charge on any atom is 0.336 e. The van der Waals surface area contributed by atoms with Crippen LogP contribution in [0.25, 0.3) is 0 Å². The van der Waals surface area contributed by atoms with Gasteiger partial charge in [-0.05, 0) is 32.1 Å². The van der Waals surface area contributed by atoms with Crippen molar-refractivity contribution in [3.63, 3.8) is 0 Å². The van der Waals surface area contributed by atoms with E-state index in [0.717, 1.165) is 32.3 Å². The average Bonchev–Trinajstić information content (AvgIpc) is 2.31. The Morgan fingerprint density at radius 2 is 2.13 bits per heavy atom. The summed E-state index contributed by atoms with van der Waals surface area (Å²) in [7, 11) is 0. The first kappa shape index (κ1) is 10.9. The highest BCUT2D eigenvalue weighted by molar-refractivity contribution is 5.78. The van der Waals surface area contributed by atoms with E-state index in [4.69, 9.17) is 9.47 Å². The Bertz CT molecular complexity index is 227. The van der Waals surface area contributed by atoms with Crippen LogP contribution in [0.1, 0.15) is 32.1 Å². The molecule has 0 bridgehead atoms. The van der Waals surface area contributed by atoms with Gasteiger partial charge < -0.3 is 14.6 Å². The topological polar surface area (TPSA) is 55.8 Å². The number of aliphatic carboxylic acids is 1. The van der Waals surface area contributed by atoms with Crippen molar-refractivity contribution in [2.45, 2.75) is 37.7 Å². The smallest absolute Gasteiger partial charge is 0.336 e. The summed E-state index contributed by atoms with van der Waals surface area (Å²) in [6.07, 6.45) is 4.41. The van der Waals surface area contributed by atoms with Crippen LogP contribution in [0.3, 0.4) is 0 Å². The molecule has 1 N–H and O–H groups in total. The van der Waals surface area contributed by atoms with Crippen LogP contribution in [0.4, 0.5) is 0 Å². The van der Waals surface area contributed by atoms with Gasteiger partial charge in [0.15, 0.2) is 5.60 Å². The summed E-state index contributed by atoms with van der Waals surface area (Å²) in [5.41, 5.74) is -0.960. The summed E-state index contributed by atoms with van der Waals surface area (Å²) in [6, 6.07) is 0. The molecular formula is C11H18O4. The van der Waals surface area contributed by atoms with E-state index in [1.54, 1.807) is 0 Å². The molecule has 2 aliphatic rings. The largest absolute Gasteiger partial charge is 0.479 e. The first-order valence-corrected chi connectivity index (χ1v) is 5.71. The highest BCUT2D eigenvalue weighted by atomic mass is 16.5. The first-order valence-electron chi connectivity index (χ1n) is 5.71. The Kier molecular flexibility index (Phi) is 3.26. The molecule has 0 spiro atoms. The SMILES string of the molecule is O=C(O)C1(C2CCCOC2)CCCCO1. The Balaban J connectivity index is 2.12. The lowest BCUT2D eigenvalue weighted by Gasteiger charge is -2.41. The molecule has 0 saturated carbocycles. The number of carboxylic acids is 1. The van der Waals surface area contributed by atoms with E-state index in [2.05, 4.69) is 0 Å². The molecule has 0 aliphatic carbocycles. The molecule has 0 aromatic rings. The Labute approximate surface area is 89.6 Å². The van der Waals surface area contributed by atoms with Crippen LogP contribution in [-0.2, 0) is 14.3 Å². The van der Waals surface area contributed by atoms with Gasteiger partial charge in [-0.3, -0.25) is 0 Å². The van der Waals surface area contributed by atoms with Crippen LogP contribution >= 0.6 is 0 Å². The van der Waals surface area contributed by atoms with Gasteiger partial charge in [0, 0.05) is 19.1 Å². The fourth-order valence-corrected chi connectivity index (χ4v) is 2.59. The minimum absolute atomic E-state index is 0.0315. The maximum atomic E-state index is 11.4. The summed E-state index contributed by atoms with van der Waals surface area (Å²) in [6.45, 7) is 1.86. The van der Waals surface area contributed by atoms with Crippen LogP contribution < -0.4 is 0 Å². The molecule has 4 nitrogen and oxygen atoms in total. The van der Waals surface area contributed by atoms with Crippen molar-refractivity contribution < 1.29 is 19.4 Å². The van der Waals surface area contributed by atoms with Crippen LogP contribution in [0.5, 0.6) is 0 Å². The Morgan fingerprint density at radius 1 is 1.27 bits per heavy atom. The van der Waals surface area contributed by atoms with Crippen molar-refractivity contribution >= 4 is 5.97 Å². The number of rotatable bonds is 2. The third-order valence-electron chi connectivity index (χ3n) is 3.48. The zero-order valence-corrected chi connectivity index (χ0v) is 8.91. The van der Waals surface area contributed by atoms with E-state index >= 15 is 0 Å². The molecule has 2 heterocycles. The van der Waals surface area contributed by atoms with Crippen LogP contribution in [0.15, 0.2) is 0 Å². The third-order valence-corrected chi connectivity index (χ3v) is 3.48. The zero-order valence-electron chi connectivity index (χ0n) is 8.91. The predicted molar refractivity (Wildman–Crippen MR) is 53.7 cm³/mol. The van der Waals surface area contributed by atoms with Crippen LogP contribution in [0.2, 0.25) is 0 Å². The molecular weight excluding hydrogens is 196 g/mol. The lowest BCUT2D eigenvalue weighted by molar-refractivity contribution is -0.191. The number of hydrogen-bond donors (Lipinski definition) is 1. The van der Waals surface area contributed by atoms with Gasteiger partial charge in [-0.25, -0.2) is 4.79 Å². The second-order valence-corrected chi connectivity index (χ2v) is 4.41. The third kappa shape index (κ3) is 2.01. The van der Waals surface area contributed by atoms with Crippen molar-refractivity contribution in [1.29, 1.82) is 0 Å². The minimum atomic E-state index is -0.960. The standard InChI is InChI=1S/C11H18O4/c12-10(13)11(5-1-2-7-15-11)9-4-3-6-14-8-9/h9H,1-8H2,(H,12,13). The Hall–Kier alpha value is -0.610. The number of hydrogen-bond acceptors (Lipinski definition) is 3. The van der Waals surface area contributed by atoms with Gasteiger partial charge in [0.1, 0.15) is 0 Å². The molecule has 2 rings (SSSR count). The normalized spacial score (nSPS) is 37.5. The average molecular weight is 214 g/mol. The summed E-state index contributed by atoms with van der Waals surface area (Å²) in [5, 5.41) is 9.36. The summed E-state index contributed by atoms with van der Waals surface area (Å²) in [5.74, 6) is -0.776. The van der Waals surface area contributed by atoms with Crippen molar-refractivity contribution in [2.75, 3.05) is 19.8 Å². The van der Waals surface area contributed by atoms with Crippen molar-refractivity contribution in [3.8, 4) is 0 Å². The number of ether oxygens (including phenoxy) is 2. The van der Waals surface area contributed by atoms with E-state index in [9.17, 15) is 9.90 Å². The molecule has 86 valence electrons. The highest BCUT2D eigenvalue weighted by Gasteiger charge is 2.48. The van der Waals surface area contributed by atoms with Gasteiger partial charge >= 0.3 is 5.97 Å². The fraction of sp³-hybridized carbons (Fsp3) is 0.909. The molecule has 2 saturated heterocycles. The van der Waals surface area contributed by atoms with Crippen molar-refractivity contribution in [3.05, 3.63) is 0 Å². The number of carboxylic acid groups (broad SMARTS) is 1. The Morgan fingerprint density at radius 3 is 2.67 bits per heavy atom. The minimum Gasteiger partial charge on any atom is -0.479 e. The molecule has 0 aromatic heterocycles. The summed E-state index contributed by atoms with van der Waals surface area (Å²) in [4.78, 5) is 11.4. The lowest BCUT2D eigenvalue weighted by Crippen LogP contribution is -2.52. The van der Waals surface area contributed by atoms with Crippen molar-refractivity contribution in [2.24, 2.45) is 5.92 Å². The van der Waals surface area contributed by atoms with Gasteiger partial charge in [-0.2, -0.15) is 0 Å². The second-order valence-electron chi connectivity index (χ2n) is 4.41. The quantitative estimate of drug-likeness (QED) is 0.755.